The first-order chi connectivity index (χ1) is 12.1. The monoisotopic (exact) mass is 343 g/mol. The van der Waals surface area contributed by atoms with Gasteiger partial charge in [-0.2, -0.15) is 0 Å². The molecule has 2 N–H and O–H groups in total. The fraction of sp³-hybridized carbons (Fsp3) is 0.667. The molecule has 25 heavy (non-hydrogen) atoms. The molecule has 2 atom stereocenters. The van der Waals surface area contributed by atoms with E-state index < -0.39 is 0 Å². The molecule has 1 aromatic rings. The number of likely N-dealkylation sites (tertiary alicyclic amines) is 1. The quantitative estimate of drug-likeness (QED) is 0.835. The Kier molecular flexibility index (Phi) is 6.49. The van der Waals surface area contributed by atoms with Crippen molar-refractivity contribution < 1.29 is 4.79 Å². The van der Waals surface area contributed by atoms with Crippen molar-refractivity contribution in [1.82, 2.24) is 15.5 Å². The van der Waals surface area contributed by atoms with Crippen LogP contribution in [0.3, 0.4) is 0 Å². The van der Waals surface area contributed by atoms with Gasteiger partial charge in [0.1, 0.15) is 0 Å². The Hall–Kier alpha value is -1.39. The number of nitrogens with one attached hydrogen (secondary N) is 2. The molecule has 4 nitrogen and oxygen atoms in total. The SMILES string of the molecule is CC(=O)NC1CCC(NC[C@H]2C[C@H](C)N(Cc3ccccc3)C2)CC1. The summed E-state index contributed by atoms with van der Waals surface area (Å²) in [6.07, 6.45) is 5.87. The van der Waals surface area contributed by atoms with Crippen molar-refractivity contribution in [3.8, 4) is 0 Å². The van der Waals surface area contributed by atoms with E-state index in [0.717, 1.165) is 31.8 Å². The molecule has 2 aliphatic rings. The lowest BCUT2D eigenvalue weighted by Crippen LogP contribution is -2.42. The van der Waals surface area contributed by atoms with Gasteiger partial charge in [0.25, 0.3) is 0 Å². The lowest BCUT2D eigenvalue weighted by Gasteiger charge is -2.30. The highest BCUT2D eigenvalue weighted by atomic mass is 16.1. The minimum absolute atomic E-state index is 0.106. The molecule has 1 aliphatic heterocycles. The van der Waals surface area contributed by atoms with E-state index in [-0.39, 0.29) is 5.91 Å². The summed E-state index contributed by atoms with van der Waals surface area (Å²) in [5.74, 6) is 0.863. The molecule has 1 aromatic carbocycles. The number of benzene rings is 1. The molecule has 0 unspecified atom stereocenters. The lowest BCUT2D eigenvalue weighted by atomic mass is 9.90. The van der Waals surface area contributed by atoms with Crippen LogP contribution in [0.15, 0.2) is 30.3 Å². The van der Waals surface area contributed by atoms with Crippen molar-refractivity contribution in [1.29, 1.82) is 0 Å². The van der Waals surface area contributed by atoms with Gasteiger partial charge in [-0.3, -0.25) is 9.69 Å². The standard InChI is InChI=1S/C21H33N3O/c1-16-12-19(15-24(16)14-18-6-4-3-5-7-18)13-22-20-8-10-21(11-9-20)23-17(2)25/h3-7,16,19-22H,8-15H2,1-2H3,(H,23,25)/t16-,19+,20?,21?/m0/s1. The van der Waals surface area contributed by atoms with Crippen LogP contribution >= 0.6 is 0 Å². The van der Waals surface area contributed by atoms with E-state index in [1.54, 1.807) is 6.92 Å². The van der Waals surface area contributed by atoms with Crippen molar-refractivity contribution in [2.75, 3.05) is 13.1 Å². The number of carbonyl (C=O) groups excluding carboxylic acids is 1. The molecule has 2 fully saturated rings. The number of carbonyl (C=O) groups is 1. The van der Waals surface area contributed by atoms with Crippen LogP contribution in [-0.4, -0.2) is 42.0 Å². The number of hydrogen-bond acceptors (Lipinski definition) is 3. The van der Waals surface area contributed by atoms with Gasteiger partial charge in [0, 0.05) is 38.1 Å². The summed E-state index contributed by atoms with van der Waals surface area (Å²) in [6.45, 7) is 7.38. The Labute approximate surface area is 152 Å². The van der Waals surface area contributed by atoms with Gasteiger partial charge in [0.2, 0.25) is 5.91 Å². The number of rotatable bonds is 6. The molecule has 138 valence electrons. The van der Waals surface area contributed by atoms with Gasteiger partial charge >= 0.3 is 0 Å². The molecular weight excluding hydrogens is 310 g/mol. The second kappa shape index (κ2) is 8.81. The maximum atomic E-state index is 11.2. The van der Waals surface area contributed by atoms with Gasteiger partial charge < -0.3 is 10.6 Å². The number of hydrogen-bond donors (Lipinski definition) is 2. The molecule has 4 heteroatoms. The van der Waals surface area contributed by atoms with Gasteiger partial charge in [-0.1, -0.05) is 30.3 Å². The highest BCUT2D eigenvalue weighted by Gasteiger charge is 2.29. The van der Waals surface area contributed by atoms with Gasteiger partial charge in [-0.15, -0.1) is 0 Å². The lowest BCUT2D eigenvalue weighted by molar-refractivity contribution is -0.119. The highest BCUT2D eigenvalue weighted by molar-refractivity contribution is 5.73. The highest BCUT2D eigenvalue weighted by Crippen LogP contribution is 2.25. The second-order valence-corrected chi connectivity index (χ2v) is 8.02. The van der Waals surface area contributed by atoms with E-state index in [1.807, 2.05) is 0 Å². The molecule has 0 aromatic heterocycles. The summed E-state index contributed by atoms with van der Waals surface area (Å²) in [5, 5.41) is 6.86. The van der Waals surface area contributed by atoms with Crippen LogP contribution in [0.25, 0.3) is 0 Å². The zero-order valence-corrected chi connectivity index (χ0v) is 15.7. The number of nitrogens with zero attached hydrogens (tertiary/aromatic N) is 1. The molecule has 1 amide bonds. The molecule has 0 radical (unpaired) electrons. The predicted octanol–water partition coefficient (Wildman–Crippen LogP) is 2.93. The van der Waals surface area contributed by atoms with Crippen LogP contribution in [0.1, 0.15) is 51.5 Å². The summed E-state index contributed by atoms with van der Waals surface area (Å²) < 4.78 is 0. The Balaban J connectivity index is 1.38. The van der Waals surface area contributed by atoms with Crippen LogP contribution in [0.5, 0.6) is 0 Å². The van der Waals surface area contributed by atoms with E-state index in [4.69, 9.17) is 0 Å². The summed E-state index contributed by atoms with van der Waals surface area (Å²) in [4.78, 5) is 13.8. The van der Waals surface area contributed by atoms with Crippen LogP contribution in [0, 0.1) is 5.92 Å². The van der Waals surface area contributed by atoms with E-state index in [2.05, 4.69) is 52.8 Å². The fourth-order valence-electron chi connectivity index (χ4n) is 4.47. The zero-order valence-electron chi connectivity index (χ0n) is 15.7. The van der Waals surface area contributed by atoms with Gasteiger partial charge in [0.15, 0.2) is 0 Å². The van der Waals surface area contributed by atoms with Crippen molar-refractivity contribution in [2.45, 2.75) is 70.6 Å². The molecule has 0 bridgehead atoms. The first kappa shape index (κ1) is 18.4. The van der Waals surface area contributed by atoms with Gasteiger partial charge in [-0.25, -0.2) is 0 Å². The zero-order chi connectivity index (χ0) is 17.6. The summed E-state index contributed by atoms with van der Waals surface area (Å²) >= 11 is 0. The minimum Gasteiger partial charge on any atom is -0.354 e. The predicted molar refractivity (Wildman–Crippen MR) is 102 cm³/mol. The maximum Gasteiger partial charge on any atom is 0.217 e. The van der Waals surface area contributed by atoms with Crippen LogP contribution in [0.4, 0.5) is 0 Å². The molecule has 0 spiro atoms. The molecule has 1 aliphatic carbocycles. The third-order valence-electron chi connectivity index (χ3n) is 5.85. The van der Waals surface area contributed by atoms with E-state index >= 15 is 0 Å². The first-order valence-corrected chi connectivity index (χ1v) is 9.88. The first-order valence-electron chi connectivity index (χ1n) is 9.88. The third kappa shape index (κ3) is 5.55. The van der Waals surface area contributed by atoms with Crippen LogP contribution in [0.2, 0.25) is 0 Å². The second-order valence-electron chi connectivity index (χ2n) is 8.02. The van der Waals surface area contributed by atoms with Gasteiger partial charge in [0.05, 0.1) is 0 Å². The fourth-order valence-corrected chi connectivity index (χ4v) is 4.47. The van der Waals surface area contributed by atoms with E-state index in [0.29, 0.717) is 18.1 Å². The smallest absolute Gasteiger partial charge is 0.217 e. The van der Waals surface area contributed by atoms with Crippen molar-refractivity contribution >= 4 is 5.91 Å². The molecule has 1 saturated carbocycles. The molecule has 1 saturated heterocycles. The minimum atomic E-state index is 0.106. The van der Waals surface area contributed by atoms with Crippen molar-refractivity contribution in [3.63, 3.8) is 0 Å². The largest absolute Gasteiger partial charge is 0.354 e. The Morgan fingerprint density at radius 3 is 2.48 bits per heavy atom. The van der Waals surface area contributed by atoms with E-state index in [1.165, 1.54) is 31.4 Å². The van der Waals surface area contributed by atoms with Gasteiger partial charge in [-0.05, 0) is 57.1 Å². The van der Waals surface area contributed by atoms with Crippen LogP contribution in [-0.2, 0) is 11.3 Å². The van der Waals surface area contributed by atoms with Crippen molar-refractivity contribution in [2.24, 2.45) is 5.92 Å². The normalized spacial score (nSPS) is 30.3. The number of amides is 1. The summed E-state index contributed by atoms with van der Waals surface area (Å²) in [7, 11) is 0. The third-order valence-corrected chi connectivity index (χ3v) is 5.85. The average Bonchev–Trinajstić information content (AvgIpc) is 2.94. The van der Waals surface area contributed by atoms with Crippen LogP contribution < -0.4 is 10.6 Å². The Morgan fingerprint density at radius 2 is 1.80 bits per heavy atom. The maximum absolute atomic E-state index is 11.2. The summed E-state index contributed by atoms with van der Waals surface area (Å²) in [5.41, 5.74) is 1.42. The Morgan fingerprint density at radius 1 is 1.12 bits per heavy atom. The van der Waals surface area contributed by atoms with Crippen molar-refractivity contribution in [3.05, 3.63) is 35.9 Å². The Bertz CT molecular complexity index is 539. The topological polar surface area (TPSA) is 44.4 Å². The summed E-state index contributed by atoms with van der Waals surface area (Å²) in [6, 6.07) is 12.5. The average molecular weight is 344 g/mol. The molecular formula is C21H33N3O. The van der Waals surface area contributed by atoms with E-state index in [9.17, 15) is 4.79 Å². The molecule has 1 heterocycles. The molecule has 3 rings (SSSR count).